The van der Waals surface area contributed by atoms with Gasteiger partial charge in [-0.3, -0.25) is 4.79 Å². The minimum absolute atomic E-state index is 0.232. The largest absolute Gasteiger partial charge is 0.339 e. The Hall–Kier alpha value is -1.88. The summed E-state index contributed by atoms with van der Waals surface area (Å²) in [6, 6.07) is 8.83. The average molecular weight is 398 g/mol. The highest BCUT2D eigenvalue weighted by Gasteiger charge is 2.50. The number of aryl methyl sites for hydroxylation is 1. The van der Waals surface area contributed by atoms with Crippen LogP contribution in [0.1, 0.15) is 58.2 Å². The van der Waals surface area contributed by atoms with Crippen molar-refractivity contribution < 1.29 is 4.79 Å². The molecule has 2 bridgehead atoms. The minimum atomic E-state index is 0.232. The second-order valence-corrected chi connectivity index (χ2v) is 10.6. The summed E-state index contributed by atoms with van der Waals surface area (Å²) in [5, 5.41) is 6.21. The van der Waals surface area contributed by atoms with Gasteiger partial charge in [-0.05, 0) is 54.2 Å². The number of rotatable bonds is 5. The van der Waals surface area contributed by atoms with E-state index in [1.165, 1.54) is 12.0 Å². The van der Waals surface area contributed by atoms with Crippen molar-refractivity contribution in [3.8, 4) is 0 Å². The first kappa shape index (κ1) is 19.4. The smallest absolute Gasteiger partial charge is 0.228 e. The van der Waals surface area contributed by atoms with E-state index in [2.05, 4.69) is 67.2 Å². The van der Waals surface area contributed by atoms with Crippen LogP contribution in [0.2, 0.25) is 0 Å². The van der Waals surface area contributed by atoms with Gasteiger partial charge in [-0.1, -0.05) is 39.8 Å². The number of hydrogen-bond acceptors (Lipinski definition) is 4. The number of likely N-dealkylation sites (tertiary alicyclic amines) is 1. The number of aromatic nitrogens is 1. The van der Waals surface area contributed by atoms with Gasteiger partial charge in [0, 0.05) is 23.7 Å². The number of thiazole rings is 1. The number of amides is 1. The lowest BCUT2D eigenvalue weighted by Crippen LogP contribution is -2.38. The van der Waals surface area contributed by atoms with E-state index in [0.29, 0.717) is 17.9 Å². The maximum atomic E-state index is 13.0. The Morgan fingerprint density at radius 3 is 2.71 bits per heavy atom. The van der Waals surface area contributed by atoms with Crippen LogP contribution in [0, 0.1) is 10.8 Å². The van der Waals surface area contributed by atoms with Crippen molar-refractivity contribution in [3.05, 3.63) is 40.9 Å². The van der Waals surface area contributed by atoms with E-state index in [9.17, 15) is 4.79 Å². The molecule has 150 valence electrons. The molecule has 2 unspecified atom stereocenters. The highest BCUT2D eigenvalue weighted by molar-refractivity contribution is 7.13. The van der Waals surface area contributed by atoms with Crippen LogP contribution >= 0.6 is 11.3 Å². The van der Waals surface area contributed by atoms with Crippen LogP contribution in [-0.2, 0) is 17.6 Å². The van der Waals surface area contributed by atoms with Crippen LogP contribution in [0.15, 0.2) is 29.6 Å². The van der Waals surface area contributed by atoms with Crippen molar-refractivity contribution in [1.82, 2.24) is 9.88 Å². The molecule has 2 fully saturated rings. The third-order valence-electron chi connectivity index (χ3n) is 6.23. The maximum Gasteiger partial charge on any atom is 0.228 e. The second-order valence-electron chi connectivity index (χ2n) is 9.73. The normalized spacial score (nSPS) is 25.7. The van der Waals surface area contributed by atoms with Crippen LogP contribution in [0.25, 0.3) is 0 Å². The van der Waals surface area contributed by atoms with E-state index in [1.54, 1.807) is 11.3 Å². The summed E-state index contributed by atoms with van der Waals surface area (Å²) in [4.78, 5) is 19.8. The number of nitrogens with zero attached hydrogens (tertiary/aromatic N) is 2. The Bertz CT molecular complexity index is 857. The summed E-state index contributed by atoms with van der Waals surface area (Å²) in [6.07, 6.45) is 4.92. The van der Waals surface area contributed by atoms with E-state index in [1.807, 2.05) is 5.38 Å². The first-order valence-corrected chi connectivity index (χ1v) is 11.2. The number of nitrogens with one attached hydrogen (secondary N) is 1. The number of hydrogen-bond donors (Lipinski definition) is 1. The highest BCUT2D eigenvalue weighted by Crippen LogP contribution is 2.52. The number of anilines is 2. The van der Waals surface area contributed by atoms with Gasteiger partial charge in [-0.2, -0.15) is 0 Å². The van der Waals surface area contributed by atoms with Crippen LogP contribution in [0.3, 0.4) is 0 Å². The molecule has 2 atom stereocenters. The van der Waals surface area contributed by atoms with Crippen molar-refractivity contribution >= 4 is 28.1 Å². The van der Waals surface area contributed by atoms with Gasteiger partial charge in [-0.25, -0.2) is 4.98 Å². The molecular weight excluding hydrogens is 366 g/mol. The third-order valence-corrected chi connectivity index (χ3v) is 7.04. The zero-order valence-corrected chi connectivity index (χ0v) is 18.2. The molecule has 1 aromatic heterocycles. The van der Waals surface area contributed by atoms with Gasteiger partial charge in [0.1, 0.15) is 0 Å². The van der Waals surface area contributed by atoms with E-state index >= 15 is 0 Å². The van der Waals surface area contributed by atoms with Crippen LogP contribution in [0.4, 0.5) is 10.8 Å². The fourth-order valence-corrected chi connectivity index (χ4v) is 6.13. The van der Waals surface area contributed by atoms with Gasteiger partial charge >= 0.3 is 0 Å². The summed E-state index contributed by atoms with van der Waals surface area (Å²) < 4.78 is 0. The van der Waals surface area contributed by atoms with E-state index in [0.717, 1.165) is 42.3 Å². The molecule has 1 aliphatic carbocycles. The lowest BCUT2D eigenvalue weighted by Gasteiger charge is -2.39. The summed E-state index contributed by atoms with van der Waals surface area (Å²) in [5.41, 5.74) is 3.84. The fraction of sp³-hybridized carbons (Fsp3) is 0.565. The minimum Gasteiger partial charge on any atom is -0.339 e. The second kappa shape index (κ2) is 7.18. The highest BCUT2D eigenvalue weighted by atomic mass is 32.1. The predicted octanol–water partition coefficient (Wildman–Crippen LogP) is 5.42. The van der Waals surface area contributed by atoms with E-state index in [-0.39, 0.29) is 11.3 Å². The van der Waals surface area contributed by atoms with Crippen molar-refractivity contribution in [1.29, 1.82) is 0 Å². The van der Waals surface area contributed by atoms with Crippen molar-refractivity contribution in [2.75, 3.05) is 11.9 Å². The Balaban J connectivity index is 1.39. The summed E-state index contributed by atoms with van der Waals surface area (Å²) in [6.45, 7) is 10.1. The first-order valence-electron chi connectivity index (χ1n) is 10.4. The molecule has 4 nitrogen and oxygen atoms in total. The topological polar surface area (TPSA) is 45.2 Å². The summed E-state index contributed by atoms with van der Waals surface area (Å²) in [5.74, 6) is 0.232. The van der Waals surface area contributed by atoms with Crippen molar-refractivity contribution in [2.45, 2.75) is 65.8 Å². The van der Waals surface area contributed by atoms with Gasteiger partial charge in [0.25, 0.3) is 0 Å². The third kappa shape index (κ3) is 4.09. The average Bonchev–Trinajstić information content (AvgIpc) is 3.15. The number of benzene rings is 1. The molecule has 1 saturated carbocycles. The maximum absolute atomic E-state index is 13.0. The van der Waals surface area contributed by atoms with Gasteiger partial charge in [0.2, 0.25) is 5.91 Å². The Labute approximate surface area is 172 Å². The summed E-state index contributed by atoms with van der Waals surface area (Å²) >= 11 is 1.56. The molecule has 0 spiro atoms. The molecule has 1 aromatic carbocycles. The lowest BCUT2D eigenvalue weighted by atomic mass is 9.65. The molecule has 0 radical (unpaired) electrons. The first-order chi connectivity index (χ1) is 13.3. The molecule has 5 heteroatoms. The van der Waals surface area contributed by atoms with E-state index < -0.39 is 0 Å². The molecule has 2 aromatic rings. The van der Waals surface area contributed by atoms with E-state index in [4.69, 9.17) is 0 Å². The Kier molecular flexibility index (Phi) is 4.98. The summed E-state index contributed by atoms with van der Waals surface area (Å²) in [7, 11) is 0. The van der Waals surface area contributed by atoms with Crippen LogP contribution in [0.5, 0.6) is 0 Å². The Morgan fingerprint density at radius 1 is 1.25 bits per heavy atom. The number of carbonyl (C=O) groups is 1. The quantitative estimate of drug-likeness (QED) is 0.733. The van der Waals surface area contributed by atoms with Gasteiger partial charge in [-0.15, -0.1) is 11.3 Å². The molecule has 28 heavy (non-hydrogen) atoms. The van der Waals surface area contributed by atoms with Crippen LogP contribution in [-0.4, -0.2) is 28.4 Å². The van der Waals surface area contributed by atoms with Crippen molar-refractivity contribution in [3.63, 3.8) is 0 Å². The lowest BCUT2D eigenvalue weighted by molar-refractivity contribution is -0.131. The molecule has 4 rings (SSSR count). The molecule has 2 heterocycles. The monoisotopic (exact) mass is 397 g/mol. The van der Waals surface area contributed by atoms with Gasteiger partial charge < -0.3 is 10.2 Å². The SMILES string of the molecule is CCc1ccc(Nc2nc(CC(=O)N3CC4(C)CC3CC(C)(C)C4)cs2)cc1. The number of fused-ring (bicyclic) bond motifs is 2. The number of carbonyl (C=O) groups excluding carboxylic acids is 1. The fourth-order valence-electron chi connectivity index (χ4n) is 5.40. The van der Waals surface area contributed by atoms with Gasteiger partial charge in [0.05, 0.1) is 12.1 Å². The molecule has 1 saturated heterocycles. The molecular formula is C23H31N3OS. The Morgan fingerprint density at radius 2 is 2.00 bits per heavy atom. The molecule has 1 N–H and O–H groups in total. The zero-order chi connectivity index (χ0) is 19.9. The molecule has 2 aliphatic rings. The predicted molar refractivity (Wildman–Crippen MR) is 116 cm³/mol. The standard InChI is InChI=1S/C23H31N3OS/c1-5-16-6-8-17(9-7-16)24-21-25-18(13-28-21)10-20(27)26-15-23(4)12-19(26)11-22(2,3)14-23/h6-9,13,19H,5,10-12,14-15H2,1-4H3,(H,24,25). The van der Waals surface area contributed by atoms with Crippen molar-refractivity contribution in [2.24, 2.45) is 10.8 Å². The zero-order valence-electron chi connectivity index (χ0n) is 17.4. The van der Waals surface area contributed by atoms with Gasteiger partial charge in [0.15, 0.2) is 5.13 Å². The molecule has 1 amide bonds. The molecule has 1 aliphatic heterocycles. The van der Waals surface area contributed by atoms with Crippen LogP contribution < -0.4 is 5.32 Å².